The highest BCUT2D eigenvalue weighted by molar-refractivity contribution is 7.08. The van der Waals surface area contributed by atoms with Gasteiger partial charge >= 0.3 is 0 Å². The normalized spacial score (nSPS) is 13.1. The van der Waals surface area contributed by atoms with Crippen LogP contribution in [0, 0.1) is 0 Å². The van der Waals surface area contributed by atoms with Gasteiger partial charge in [0.2, 0.25) is 0 Å². The Balaban J connectivity index is 1.52. The van der Waals surface area contributed by atoms with Crippen LogP contribution in [0.3, 0.4) is 0 Å². The van der Waals surface area contributed by atoms with Crippen LogP contribution in [0.4, 0.5) is 5.69 Å². The number of nitrogens with one attached hydrogen (secondary N) is 1. The Morgan fingerprint density at radius 1 is 1.07 bits per heavy atom. The topological polar surface area (TPSA) is 49.4 Å². The third kappa shape index (κ3) is 3.75. The summed E-state index contributed by atoms with van der Waals surface area (Å²) in [4.78, 5) is 26.9. The van der Waals surface area contributed by atoms with Crippen molar-refractivity contribution in [1.29, 1.82) is 0 Å². The standard InChI is InChI=1S/C21H17ClN2O2S/c22-19-4-2-1-3-18(19)20(25)23-17-6-5-14-7-9-24(12-16(14)11-17)21(26)15-8-10-27-13-15/h1-6,8,10-11,13H,7,9,12H2,(H,23,25). The Kier molecular flexibility index (Phi) is 4.97. The second-order valence-corrected chi connectivity index (χ2v) is 7.59. The number of benzene rings is 2. The molecule has 1 aromatic heterocycles. The van der Waals surface area contributed by atoms with Gasteiger partial charge < -0.3 is 10.2 Å². The first-order valence-electron chi connectivity index (χ1n) is 8.61. The van der Waals surface area contributed by atoms with Crippen LogP contribution in [-0.2, 0) is 13.0 Å². The fourth-order valence-electron chi connectivity index (χ4n) is 3.22. The van der Waals surface area contributed by atoms with E-state index in [4.69, 9.17) is 11.6 Å². The number of fused-ring (bicyclic) bond motifs is 1. The Morgan fingerprint density at radius 2 is 1.93 bits per heavy atom. The number of amides is 2. The first-order valence-corrected chi connectivity index (χ1v) is 9.93. The number of carbonyl (C=O) groups excluding carboxylic acids is 2. The molecule has 4 rings (SSSR count). The van der Waals surface area contributed by atoms with E-state index in [2.05, 4.69) is 5.32 Å². The molecule has 0 bridgehead atoms. The van der Waals surface area contributed by atoms with Crippen LogP contribution in [0.2, 0.25) is 5.02 Å². The lowest BCUT2D eigenvalue weighted by Crippen LogP contribution is -2.35. The molecule has 0 radical (unpaired) electrons. The van der Waals surface area contributed by atoms with Gasteiger partial charge in [-0.05, 0) is 53.3 Å². The van der Waals surface area contributed by atoms with E-state index in [9.17, 15) is 9.59 Å². The maximum atomic E-state index is 12.6. The van der Waals surface area contributed by atoms with E-state index >= 15 is 0 Å². The minimum atomic E-state index is -0.248. The SMILES string of the molecule is O=C(Nc1ccc2c(c1)CN(C(=O)c1ccsc1)CC2)c1ccccc1Cl. The molecule has 0 aliphatic carbocycles. The quantitative estimate of drug-likeness (QED) is 0.687. The molecule has 0 unspecified atom stereocenters. The monoisotopic (exact) mass is 396 g/mol. The summed E-state index contributed by atoms with van der Waals surface area (Å²) in [5.74, 6) is -0.199. The maximum absolute atomic E-state index is 12.6. The molecule has 2 aromatic carbocycles. The molecule has 2 heterocycles. The van der Waals surface area contributed by atoms with Gasteiger partial charge in [-0.25, -0.2) is 0 Å². The van der Waals surface area contributed by atoms with Gasteiger partial charge in [-0.1, -0.05) is 29.8 Å². The predicted molar refractivity (Wildman–Crippen MR) is 109 cm³/mol. The van der Waals surface area contributed by atoms with Crippen LogP contribution in [0.15, 0.2) is 59.3 Å². The van der Waals surface area contributed by atoms with E-state index in [1.165, 1.54) is 16.9 Å². The zero-order chi connectivity index (χ0) is 18.8. The van der Waals surface area contributed by atoms with Crippen LogP contribution in [0.5, 0.6) is 0 Å². The summed E-state index contributed by atoms with van der Waals surface area (Å²) in [6.07, 6.45) is 0.809. The second kappa shape index (κ2) is 7.55. The van der Waals surface area contributed by atoms with Crippen LogP contribution < -0.4 is 5.32 Å². The van der Waals surface area contributed by atoms with Gasteiger partial charge in [0.05, 0.1) is 16.1 Å². The molecule has 0 spiro atoms. The number of thiophene rings is 1. The number of rotatable bonds is 3. The molecule has 27 heavy (non-hydrogen) atoms. The largest absolute Gasteiger partial charge is 0.334 e. The third-order valence-electron chi connectivity index (χ3n) is 4.65. The molecule has 1 aliphatic heterocycles. The molecular formula is C21H17ClN2O2S. The second-order valence-electron chi connectivity index (χ2n) is 6.41. The van der Waals surface area contributed by atoms with Crippen molar-refractivity contribution in [3.05, 3.63) is 86.6 Å². The molecule has 0 fully saturated rings. The van der Waals surface area contributed by atoms with Crippen LogP contribution in [0.1, 0.15) is 31.8 Å². The van der Waals surface area contributed by atoms with Crippen molar-refractivity contribution in [3.8, 4) is 0 Å². The molecule has 2 amide bonds. The minimum Gasteiger partial charge on any atom is -0.334 e. The van der Waals surface area contributed by atoms with Gasteiger partial charge in [0.25, 0.3) is 11.8 Å². The fourth-order valence-corrected chi connectivity index (χ4v) is 4.07. The predicted octanol–water partition coefficient (Wildman–Crippen LogP) is 4.85. The van der Waals surface area contributed by atoms with Crippen molar-refractivity contribution >= 4 is 40.4 Å². The third-order valence-corrected chi connectivity index (χ3v) is 5.66. The number of anilines is 1. The van der Waals surface area contributed by atoms with Gasteiger partial charge in [0.15, 0.2) is 0 Å². The number of nitrogens with zero attached hydrogens (tertiary/aromatic N) is 1. The summed E-state index contributed by atoms with van der Waals surface area (Å²) in [7, 11) is 0. The lowest BCUT2D eigenvalue weighted by Gasteiger charge is -2.29. The van der Waals surface area contributed by atoms with E-state index in [1.807, 2.05) is 39.9 Å². The highest BCUT2D eigenvalue weighted by atomic mass is 35.5. The van der Waals surface area contributed by atoms with Crippen molar-refractivity contribution in [2.24, 2.45) is 0 Å². The Labute approximate surface area is 166 Å². The molecule has 1 N–H and O–H groups in total. The van der Waals surface area contributed by atoms with E-state index in [0.717, 1.165) is 17.5 Å². The summed E-state index contributed by atoms with van der Waals surface area (Å²) in [6, 6.07) is 14.7. The van der Waals surface area contributed by atoms with Crippen LogP contribution >= 0.6 is 22.9 Å². The first-order chi connectivity index (χ1) is 13.1. The molecule has 0 atom stereocenters. The average Bonchev–Trinajstić information content (AvgIpc) is 3.22. The van der Waals surface area contributed by atoms with Crippen molar-refractivity contribution in [1.82, 2.24) is 4.90 Å². The number of hydrogen-bond donors (Lipinski definition) is 1. The molecule has 1 aliphatic rings. The molecule has 4 nitrogen and oxygen atoms in total. The minimum absolute atomic E-state index is 0.0485. The molecule has 136 valence electrons. The van der Waals surface area contributed by atoms with E-state index < -0.39 is 0 Å². The zero-order valence-corrected chi connectivity index (χ0v) is 16.0. The van der Waals surface area contributed by atoms with Crippen molar-refractivity contribution in [3.63, 3.8) is 0 Å². The lowest BCUT2D eigenvalue weighted by atomic mass is 9.98. The van der Waals surface area contributed by atoms with Gasteiger partial charge in [-0.3, -0.25) is 9.59 Å². The smallest absolute Gasteiger partial charge is 0.257 e. The lowest BCUT2D eigenvalue weighted by molar-refractivity contribution is 0.0735. The molecule has 0 saturated heterocycles. The highest BCUT2D eigenvalue weighted by Crippen LogP contribution is 2.25. The van der Waals surface area contributed by atoms with Crippen molar-refractivity contribution < 1.29 is 9.59 Å². The maximum Gasteiger partial charge on any atom is 0.257 e. The summed E-state index contributed by atoms with van der Waals surface area (Å²) >= 11 is 7.62. The number of hydrogen-bond acceptors (Lipinski definition) is 3. The number of carbonyl (C=O) groups is 2. The first kappa shape index (κ1) is 17.8. The van der Waals surface area contributed by atoms with Crippen molar-refractivity contribution in [2.75, 3.05) is 11.9 Å². The molecule has 6 heteroatoms. The zero-order valence-electron chi connectivity index (χ0n) is 14.4. The fraction of sp³-hybridized carbons (Fsp3) is 0.143. The van der Waals surface area contributed by atoms with Crippen molar-refractivity contribution in [2.45, 2.75) is 13.0 Å². The summed E-state index contributed by atoms with van der Waals surface area (Å²) in [6.45, 7) is 1.24. The summed E-state index contributed by atoms with van der Waals surface area (Å²) in [5, 5.41) is 7.10. The van der Waals surface area contributed by atoms with Gasteiger partial charge in [-0.2, -0.15) is 11.3 Å². The molecule has 3 aromatic rings. The highest BCUT2D eigenvalue weighted by Gasteiger charge is 2.22. The van der Waals surface area contributed by atoms with E-state index in [0.29, 0.717) is 29.4 Å². The molecular weight excluding hydrogens is 380 g/mol. The van der Waals surface area contributed by atoms with Gasteiger partial charge in [-0.15, -0.1) is 0 Å². The van der Waals surface area contributed by atoms with E-state index in [-0.39, 0.29) is 11.8 Å². The summed E-state index contributed by atoms with van der Waals surface area (Å²) < 4.78 is 0. The molecule has 0 saturated carbocycles. The Morgan fingerprint density at radius 3 is 2.70 bits per heavy atom. The van der Waals surface area contributed by atoms with Gasteiger partial charge in [0.1, 0.15) is 0 Å². The van der Waals surface area contributed by atoms with Crippen LogP contribution in [-0.4, -0.2) is 23.3 Å². The Bertz CT molecular complexity index is 1000. The summed E-state index contributed by atoms with van der Waals surface area (Å²) in [5.41, 5.74) is 4.13. The number of halogens is 1. The Hall–Kier alpha value is -2.63. The average molecular weight is 397 g/mol. The van der Waals surface area contributed by atoms with E-state index in [1.54, 1.807) is 24.3 Å². The van der Waals surface area contributed by atoms with Gasteiger partial charge in [0, 0.05) is 24.2 Å². The van der Waals surface area contributed by atoms with Crippen LogP contribution in [0.25, 0.3) is 0 Å².